The molecule has 0 aromatic rings. The van der Waals surface area contributed by atoms with Crippen molar-refractivity contribution in [3.63, 3.8) is 0 Å². The summed E-state index contributed by atoms with van der Waals surface area (Å²) in [4.78, 5) is 40.4. The van der Waals surface area contributed by atoms with Crippen molar-refractivity contribution >= 4 is 23.5 Å². The monoisotopic (exact) mass is 370 g/mol. The maximum atomic E-state index is 10.4. The van der Waals surface area contributed by atoms with Crippen LogP contribution in [0.2, 0.25) is 0 Å². The molecule has 0 amide bonds. The van der Waals surface area contributed by atoms with Gasteiger partial charge >= 0.3 is 17.4 Å². The van der Waals surface area contributed by atoms with Gasteiger partial charge in [-0.2, -0.15) is 0 Å². The van der Waals surface area contributed by atoms with Gasteiger partial charge in [-0.25, -0.2) is 0 Å². The van der Waals surface area contributed by atoms with Gasteiger partial charge in [0, 0.05) is 43.7 Å². The molecule has 0 fully saturated rings. The third-order valence-corrected chi connectivity index (χ3v) is 1.74. The Morgan fingerprint density at radius 2 is 1.04 bits per heavy atom. The molecule has 0 heterocycles. The molecule has 0 spiro atoms. The number of rotatable bonds is 8. The smallest absolute Gasteiger partial charge is 0.550 e. The second-order valence-electron chi connectivity index (χ2n) is 4.77. The number of hydrogen-bond donors (Lipinski definition) is 1. The van der Waals surface area contributed by atoms with Crippen LogP contribution >= 0.6 is 0 Å². The Bertz CT molecular complexity index is 308. The first-order valence-electron chi connectivity index (χ1n) is 7.17. The average molecular weight is 370 g/mol. The summed E-state index contributed by atoms with van der Waals surface area (Å²) in [6, 6.07) is 0. The van der Waals surface area contributed by atoms with Crippen molar-refractivity contribution in [1.82, 2.24) is 0 Å². The second-order valence-corrected chi connectivity index (χ2v) is 4.77. The largest absolute Gasteiger partial charge is 2.00 e. The van der Waals surface area contributed by atoms with Crippen LogP contribution in [-0.2, 0) is 36.5 Å². The van der Waals surface area contributed by atoms with Crippen molar-refractivity contribution in [2.75, 3.05) is 0 Å². The van der Waals surface area contributed by atoms with Gasteiger partial charge in [-0.3, -0.25) is 9.59 Å². The zero-order valence-electron chi connectivity index (χ0n) is 14.1. The van der Waals surface area contributed by atoms with E-state index < -0.39 is 24.8 Å². The first kappa shape index (κ1) is 29.7. The van der Waals surface area contributed by atoms with E-state index in [2.05, 4.69) is 0 Å². The molecule has 0 aliphatic rings. The average Bonchev–Trinajstić information content (AvgIpc) is 2.26. The van der Waals surface area contributed by atoms with Gasteiger partial charge in [0.15, 0.2) is 0 Å². The summed E-state index contributed by atoms with van der Waals surface area (Å²) in [5.41, 5.74) is 0. The molecule has 134 valence electrons. The van der Waals surface area contributed by atoms with Gasteiger partial charge in [-0.15, -0.1) is 0 Å². The number of aliphatic hydroxyl groups is 1. The molecular weight excluding hydrogens is 344 g/mol. The molecule has 0 saturated heterocycles. The van der Waals surface area contributed by atoms with E-state index in [0.29, 0.717) is 25.7 Å². The SMILES string of the molecule is CC(C)O.CCCC(=O)CC(=O)[O-].CCCC(=O)CC(=O)[O-].[Cr+2]. The summed E-state index contributed by atoms with van der Waals surface area (Å²) >= 11 is 0. The fourth-order valence-electron chi connectivity index (χ4n) is 1.06. The Hall–Kier alpha value is -1.23. The zero-order valence-corrected chi connectivity index (χ0v) is 15.4. The summed E-state index contributed by atoms with van der Waals surface area (Å²) in [5, 5.41) is 27.6. The van der Waals surface area contributed by atoms with E-state index in [4.69, 9.17) is 5.11 Å². The van der Waals surface area contributed by atoms with Crippen molar-refractivity contribution in [2.45, 2.75) is 72.3 Å². The quantitative estimate of drug-likeness (QED) is 0.562. The summed E-state index contributed by atoms with van der Waals surface area (Å²) < 4.78 is 0. The first-order valence-corrected chi connectivity index (χ1v) is 7.17. The standard InChI is InChI=1S/2C6H10O3.C3H8O.Cr/c2*1-2-3-5(7)4-6(8)9;1-3(2)4;/h2*2-4H2,1H3,(H,8,9);3-4H,1-2H3;/q;;;+2/p-2. The number of carboxylic acid groups (broad SMARTS) is 2. The maximum Gasteiger partial charge on any atom is 2.00 e. The molecule has 0 rings (SSSR count). The zero-order chi connectivity index (χ0) is 18.1. The minimum Gasteiger partial charge on any atom is -0.550 e. The van der Waals surface area contributed by atoms with Gasteiger partial charge in [0.1, 0.15) is 11.6 Å². The number of ketones is 2. The van der Waals surface area contributed by atoms with Gasteiger partial charge in [-0.1, -0.05) is 13.8 Å². The Morgan fingerprint density at radius 1 is 0.826 bits per heavy atom. The fraction of sp³-hybridized carbons (Fsp3) is 0.733. The molecule has 0 aromatic heterocycles. The number of carbonyl (C=O) groups excluding carboxylic acids is 4. The van der Waals surface area contributed by atoms with Gasteiger partial charge in [0.05, 0.1) is 0 Å². The van der Waals surface area contributed by atoms with Crippen LogP contribution in [0, 0.1) is 0 Å². The molecule has 0 bridgehead atoms. The normalized spacial score (nSPS) is 8.61. The van der Waals surface area contributed by atoms with Crippen LogP contribution in [0.4, 0.5) is 0 Å². The Morgan fingerprint density at radius 3 is 1.17 bits per heavy atom. The number of aliphatic hydroxyl groups excluding tert-OH is 1. The van der Waals surface area contributed by atoms with Crippen molar-refractivity contribution in [1.29, 1.82) is 0 Å². The topological polar surface area (TPSA) is 135 Å². The van der Waals surface area contributed by atoms with Crippen molar-refractivity contribution < 1.29 is 51.9 Å². The van der Waals surface area contributed by atoms with Gasteiger partial charge in [-0.05, 0) is 26.7 Å². The van der Waals surface area contributed by atoms with Crippen LogP contribution in [0.3, 0.4) is 0 Å². The van der Waals surface area contributed by atoms with E-state index in [-0.39, 0.29) is 35.0 Å². The number of carbonyl (C=O) groups is 4. The minimum atomic E-state index is -1.28. The van der Waals surface area contributed by atoms with Gasteiger partial charge in [0.25, 0.3) is 0 Å². The molecule has 0 aromatic carbocycles. The molecule has 8 heteroatoms. The van der Waals surface area contributed by atoms with Gasteiger partial charge in [0.2, 0.25) is 0 Å². The molecule has 0 aliphatic carbocycles. The predicted octanol–water partition coefficient (Wildman–Crippen LogP) is -0.624. The molecular formula is C15H26CrO7. The molecule has 0 radical (unpaired) electrons. The summed E-state index contributed by atoms with van der Waals surface area (Å²) in [7, 11) is 0. The van der Waals surface area contributed by atoms with Crippen LogP contribution in [0.5, 0.6) is 0 Å². The minimum absolute atomic E-state index is 0. The Labute approximate surface area is 148 Å². The summed E-state index contributed by atoms with van der Waals surface area (Å²) in [6.45, 7) is 7.10. The summed E-state index contributed by atoms with van der Waals surface area (Å²) in [5.74, 6) is -3.07. The van der Waals surface area contributed by atoms with Crippen molar-refractivity contribution in [3.05, 3.63) is 0 Å². The van der Waals surface area contributed by atoms with Gasteiger partial charge < -0.3 is 24.9 Å². The van der Waals surface area contributed by atoms with E-state index in [0.717, 1.165) is 0 Å². The molecule has 23 heavy (non-hydrogen) atoms. The molecule has 0 atom stereocenters. The van der Waals surface area contributed by atoms with Crippen molar-refractivity contribution in [2.24, 2.45) is 0 Å². The third kappa shape index (κ3) is 44.9. The van der Waals surface area contributed by atoms with E-state index in [1.165, 1.54) is 0 Å². The molecule has 0 unspecified atom stereocenters. The first-order chi connectivity index (χ1) is 10.1. The fourth-order valence-corrected chi connectivity index (χ4v) is 1.06. The molecule has 7 nitrogen and oxygen atoms in total. The van der Waals surface area contributed by atoms with Crippen molar-refractivity contribution in [3.8, 4) is 0 Å². The third-order valence-electron chi connectivity index (χ3n) is 1.74. The maximum absolute atomic E-state index is 10.4. The van der Waals surface area contributed by atoms with E-state index in [1.807, 2.05) is 13.8 Å². The molecule has 1 N–H and O–H groups in total. The van der Waals surface area contributed by atoms with Crippen LogP contribution in [0.25, 0.3) is 0 Å². The summed E-state index contributed by atoms with van der Waals surface area (Å²) in [6.07, 6.45) is 1.04. The van der Waals surface area contributed by atoms with Crippen LogP contribution in [0.15, 0.2) is 0 Å². The Balaban J connectivity index is -0.000000124. The van der Waals surface area contributed by atoms with E-state index in [9.17, 15) is 29.4 Å². The number of hydrogen-bond acceptors (Lipinski definition) is 7. The predicted molar refractivity (Wildman–Crippen MR) is 76.4 cm³/mol. The van der Waals surface area contributed by atoms with Crippen LogP contribution < -0.4 is 10.2 Å². The second kappa shape index (κ2) is 20.8. The van der Waals surface area contributed by atoms with Crippen LogP contribution in [-0.4, -0.2) is 34.7 Å². The molecule has 0 saturated carbocycles. The Kier molecular flexibility index (Phi) is 26.9. The number of Topliss-reactive ketones (excluding diaryl/α,β-unsaturated/α-hetero) is 2. The number of carboxylic acids is 2. The van der Waals surface area contributed by atoms with E-state index >= 15 is 0 Å². The number of aliphatic carboxylic acids is 2. The van der Waals surface area contributed by atoms with E-state index in [1.54, 1.807) is 13.8 Å². The van der Waals surface area contributed by atoms with Crippen LogP contribution in [0.1, 0.15) is 66.2 Å². The molecule has 0 aliphatic heterocycles.